The SMILES string of the molecule is CCn1c(COc2ccc(Cl)c(C)c2)nnc1SC. The fraction of sp³-hybridized carbons (Fsp3) is 0.385. The maximum atomic E-state index is 5.98. The molecule has 0 aliphatic heterocycles. The standard InChI is InChI=1S/C13H16ClN3OS/c1-4-17-12(15-16-13(17)19-3)8-18-10-5-6-11(14)9(2)7-10/h5-7H,4,8H2,1-3H3. The number of hydrogen-bond acceptors (Lipinski definition) is 4. The predicted octanol–water partition coefficient (Wildman–Crippen LogP) is 3.56. The monoisotopic (exact) mass is 297 g/mol. The van der Waals surface area contributed by atoms with E-state index >= 15 is 0 Å². The van der Waals surface area contributed by atoms with Crippen LogP contribution in [0, 0.1) is 6.92 Å². The zero-order valence-corrected chi connectivity index (χ0v) is 12.8. The fourth-order valence-corrected chi connectivity index (χ4v) is 2.44. The third-order valence-electron chi connectivity index (χ3n) is 2.79. The smallest absolute Gasteiger partial charge is 0.191 e. The molecule has 1 aromatic heterocycles. The quantitative estimate of drug-likeness (QED) is 0.791. The van der Waals surface area contributed by atoms with Crippen LogP contribution in [-0.2, 0) is 13.2 Å². The normalized spacial score (nSPS) is 10.7. The van der Waals surface area contributed by atoms with E-state index in [9.17, 15) is 0 Å². The predicted molar refractivity (Wildman–Crippen MR) is 78.0 cm³/mol. The van der Waals surface area contributed by atoms with Crippen molar-refractivity contribution in [2.75, 3.05) is 6.26 Å². The molecule has 2 rings (SSSR count). The molecule has 0 atom stereocenters. The van der Waals surface area contributed by atoms with Crippen LogP contribution < -0.4 is 4.74 Å². The van der Waals surface area contributed by atoms with Crippen molar-refractivity contribution in [2.45, 2.75) is 32.2 Å². The summed E-state index contributed by atoms with van der Waals surface area (Å²) in [5, 5.41) is 9.93. The largest absolute Gasteiger partial charge is 0.486 e. The van der Waals surface area contributed by atoms with Crippen LogP contribution in [-0.4, -0.2) is 21.0 Å². The molecule has 0 bridgehead atoms. The number of nitrogens with zero attached hydrogens (tertiary/aromatic N) is 3. The highest BCUT2D eigenvalue weighted by Gasteiger charge is 2.10. The minimum Gasteiger partial charge on any atom is -0.486 e. The lowest BCUT2D eigenvalue weighted by Crippen LogP contribution is -2.06. The van der Waals surface area contributed by atoms with Crippen LogP contribution in [0.15, 0.2) is 23.4 Å². The van der Waals surface area contributed by atoms with Crippen LogP contribution in [0.3, 0.4) is 0 Å². The lowest BCUT2D eigenvalue weighted by Gasteiger charge is -2.09. The molecule has 0 fully saturated rings. The Labute approximate surface area is 122 Å². The molecule has 2 aromatic rings. The van der Waals surface area contributed by atoms with Gasteiger partial charge in [0.25, 0.3) is 0 Å². The summed E-state index contributed by atoms with van der Waals surface area (Å²) in [4.78, 5) is 0. The fourth-order valence-electron chi connectivity index (χ4n) is 1.75. The highest BCUT2D eigenvalue weighted by Crippen LogP contribution is 2.22. The van der Waals surface area contributed by atoms with Gasteiger partial charge in [0, 0.05) is 11.6 Å². The molecule has 0 spiro atoms. The van der Waals surface area contributed by atoms with E-state index in [4.69, 9.17) is 16.3 Å². The lowest BCUT2D eigenvalue weighted by molar-refractivity contribution is 0.288. The topological polar surface area (TPSA) is 39.9 Å². The molecule has 0 amide bonds. The van der Waals surface area contributed by atoms with Gasteiger partial charge in [-0.15, -0.1) is 10.2 Å². The number of ether oxygens (including phenoxy) is 1. The first-order valence-corrected chi connectivity index (χ1v) is 7.61. The van der Waals surface area contributed by atoms with Crippen LogP contribution >= 0.6 is 23.4 Å². The Morgan fingerprint density at radius 1 is 1.37 bits per heavy atom. The van der Waals surface area contributed by atoms with Gasteiger partial charge < -0.3 is 9.30 Å². The molecular formula is C13H16ClN3OS. The molecule has 0 unspecified atom stereocenters. The van der Waals surface area contributed by atoms with Crippen LogP contribution in [0.25, 0.3) is 0 Å². The second-order valence-corrected chi connectivity index (χ2v) is 5.23. The molecule has 1 aromatic carbocycles. The van der Waals surface area contributed by atoms with Crippen LogP contribution in [0.2, 0.25) is 5.02 Å². The van der Waals surface area contributed by atoms with Gasteiger partial charge in [-0.1, -0.05) is 23.4 Å². The van der Waals surface area contributed by atoms with Crippen molar-refractivity contribution >= 4 is 23.4 Å². The maximum Gasteiger partial charge on any atom is 0.191 e. The van der Waals surface area contributed by atoms with Gasteiger partial charge in [-0.2, -0.15) is 0 Å². The molecule has 19 heavy (non-hydrogen) atoms. The molecule has 1 heterocycles. The first kappa shape index (κ1) is 14.2. The highest BCUT2D eigenvalue weighted by molar-refractivity contribution is 7.98. The van der Waals surface area contributed by atoms with E-state index < -0.39 is 0 Å². The van der Waals surface area contributed by atoms with Crippen LogP contribution in [0.5, 0.6) is 5.75 Å². The second kappa shape index (κ2) is 6.30. The summed E-state index contributed by atoms with van der Waals surface area (Å²) < 4.78 is 7.79. The molecular weight excluding hydrogens is 282 g/mol. The molecule has 0 radical (unpaired) electrons. The van der Waals surface area contributed by atoms with E-state index in [1.54, 1.807) is 11.8 Å². The number of halogens is 1. The van der Waals surface area contributed by atoms with Crippen molar-refractivity contribution in [3.05, 3.63) is 34.6 Å². The van der Waals surface area contributed by atoms with Gasteiger partial charge in [-0.3, -0.25) is 0 Å². The average molecular weight is 298 g/mol. The van der Waals surface area contributed by atoms with Gasteiger partial charge in [0.2, 0.25) is 0 Å². The summed E-state index contributed by atoms with van der Waals surface area (Å²) in [5.74, 6) is 1.62. The summed E-state index contributed by atoms with van der Waals surface area (Å²) >= 11 is 7.57. The molecule has 0 saturated heterocycles. The zero-order chi connectivity index (χ0) is 13.8. The average Bonchev–Trinajstić information content (AvgIpc) is 2.82. The number of aryl methyl sites for hydroxylation is 1. The Hall–Kier alpha value is -1.20. The van der Waals surface area contributed by atoms with Crippen molar-refractivity contribution in [2.24, 2.45) is 0 Å². The number of rotatable bonds is 5. The van der Waals surface area contributed by atoms with Crippen LogP contribution in [0.4, 0.5) is 0 Å². The molecule has 4 nitrogen and oxygen atoms in total. The second-order valence-electron chi connectivity index (χ2n) is 4.05. The van der Waals surface area contributed by atoms with Crippen molar-refractivity contribution in [1.29, 1.82) is 0 Å². The van der Waals surface area contributed by atoms with E-state index in [-0.39, 0.29) is 0 Å². The van der Waals surface area contributed by atoms with Gasteiger partial charge >= 0.3 is 0 Å². The number of aromatic nitrogens is 3. The summed E-state index contributed by atoms with van der Waals surface area (Å²) in [5.41, 5.74) is 1.00. The zero-order valence-electron chi connectivity index (χ0n) is 11.2. The van der Waals surface area contributed by atoms with Crippen LogP contribution in [0.1, 0.15) is 18.3 Å². The van der Waals surface area contributed by atoms with Crippen molar-refractivity contribution in [3.63, 3.8) is 0 Å². The Bertz CT molecular complexity index is 571. The maximum absolute atomic E-state index is 5.98. The third-order valence-corrected chi connectivity index (χ3v) is 3.88. The number of hydrogen-bond donors (Lipinski definition) is 0. The van der Waals surface area contributed by atoms with Crippen molar-refractivity contribution in [1.82, 2.24) is 14.8 Å². The summed E-state index contributed by atoms with van der Waals surface area (Å²) in [6, 6.07) is 5.62. The van der Waals surface area contributed by atoms with Crippen molar-refractivity contribution < 1.29 is 4.74 Å². The molecule has 6 heteroatoms. The Morgan fingerprint density at radius 2 is 2.16 bits per heavy atom. The Morgan fingerprint density at radius 3 is 2.79 bits per heavy atom. The Balaban J connectivity index is 2.09. The molecule has 102 valence electrons. The summed E-state index contributed by atoms with van der Waals surface area (Å²) in [7, 11) is 0. The first-order chi connectivity index (χ1) is 9.15. The van der Waals surface area contributed by atoms with E-state index in [2.05, 4.69) is 17.1 Å². The lowest BCUT2D eigenvalue weighted by atomic mass is 10.2. The number of thioether (sulfide) groups is 1. The van der Waals surface area contributed by atoms with Gasteiger partial charge in [-0.25, -0.2) is 0 Å². The summed E-state index contributed by atoms with van der Waals surface area (Å²) in [6.45, 7) is 5.26. The van der Waals surface area contributed by atoms with Gasteiger partial charge in [0.1, 0.15) is 12.4 Å². The van der Waals surface area contributed by atoms with Gasteiger partial charge in [-0.05, 0) is 43.9 Å². The molecule has 0 saturated carbocycles. The van der Waals surface area contributed by atoms with E-state index in [0.29, 0.717) is 6.61 Å². The van der Waals surface area contributed by atoms with E-state index in [1.807, 2.05) is 35.9 Å². The third kappa shape index (κ3) is 3.22. The van der Waals surface area contributed by atoms with E-state index in [1.165, 1.54) is 0 Å². The van der Waals surface area contributed by atoms with Gasteiger partial charge in [0.15, 0.2) is 11.0 Å². The summed E-state index contributed by atoms with van der Waals surface area (Å²) in [6.07, 6.45) is 1.99. The van der Waals surface area contributed by atoms with E-state index in [0.717, 1.165) is 33.9 Å². The molecule has 0 aliphatic rings. The molecule has 0 N–H and O–H groups in total. The molecule has 0 aliphatic carbocycles. The van der Waals surface area contributed by atoms with Gasteiger partial charge in [0.05, 0.1) is 0 Å². The highest BCUT2D eigenvalue weighted by atomic mass is 35.5. The Kier molecular flexibility index (Phi) is 4.71. The minimum atomic E-state index is 0.405. The first-order valence-electron chi connectivity index (χ1n) is 6.00. The van der Waals surface area contributed by atoms with Crippen molar-refractivity contribution in [3.8, 4) is 5.75 Å². The minimum absolute atomic E-state index is 0.405. The number of benzene rings is 1.